The van der Waals surface area contributed by atoms with Crippen molar-refractivity contribution in [2.24, 2.45) is 0 Å². The zero-order valence-electron chi connectivity index (χ0n) is 13.1. The Balaban J connectivity index is 1.53. The van der Waals surface area contributed by atoms with Crippen LogP contribution < -0.4 is 5.32 Å². The van der Waals surface area contributed by atoms with Crippen molar-refractivity contribution in [1.82, 2.24) is 10.2 Å². The third-order valence-electron chi connectivity index (χ3n) is 4.36. The maximum Gasteiger partial charge on any atom is 0.234 e. The molecule has 0 radical (unpaired) electrons. The molecule has 2 aromatic rings. The highest BCUT2D eigenvalue weighted by atomic mass is 32.1. The van der Waals surface area contributed by atoms with Crippen molar-refractivity contribution in [3.8, 4) is 0 Å². The average molecular weight is 314 g/mol. The van der Waals surface area contributed by atoms with Crippen LogP contribution in [0.15, 0.2) is 35.7 Å². The van der Waals surface area contributed by atoms with Gasteiger partial charge in [-0.15, -0.1) is 11.3 Å². The van der Waals surface area contributed by atoms with Crippen molar-refractivity contribution in [1.29, 1.82) is 0 Å². The molecule has 1 aromatic carbocycles. The minimum atomic E-state index is 0.103. The summed E-state index contributed by atoms with van der Waals surface area (Å²) in [5.41, 5.74) is 3.78. The number of amides is 1. The Morgan fingerprint density at radius 2 is 2.09 bits per heavy atom. The molecule has 22 heavy (non-hydrogen) atoms. The normalized spacial score (nSPS) is 18.0. The molecule has 1 amide bonds. The molecule has 4 heteroatoms. The second-order valence-electron chi connectivity index (χ2n) is 5.96. The minimum Gasteiger partial charge on any atom is -0.351 e. The second kappa shape index (κ2) is 6.63. The van der Waals surface area contributed by atoms with Gasteiger partial charge in [0.1, 0.15) is 0 Å². The van der Waals surface area contributed by atoms with E-state index >= 15 is 0 Å². The van der Waals surface area contributed by atoms with Crippen LogP contribution >= 0.6 is 11.3 Å². The lowest BCUT2D eigenvalue weighted by Gasteiger charge is -2.32. The number of nitrogens with zero attached hydrogens (tertiary/aromatic N) is 1. The van der Waals surface area contributed by atoms with Crippen molar-refractivity contribution in [3.05, 3.63) is 57.3 Å². The lowest BCUT2D eigenvalue weighted by Crippen LogP contribution is -2.41. The van der Waals surface area contributed by atoms with E-state index in [0.29, 0.717) is 19.1 Å². The molecule has 0 aliphatic carbocycles. The largest absolute Gasteiger partial charge is 0.351 e. The number of fused-ring (bicyclic) bond motifs is 1. The van der Waals surface area contributed by atoms with Gasteiger partial charge >= 0.3 is 0 Å². The van der Waals surface area contributed by atoms with Gasteiger partial charge in [-0.25, -0.2) is 0 Å². The molecular formula is C18H22N2OS. The first-order valence-corrected chi connectivity index (χ1v) is 8.64. The van der Waals surface area contributed by atoms with Gasteiger partial charge in [0.2, 0.25) is 5.91 Å². The van der Waals surface area contributed by atoms with Crippen LogP contribution in [0.2, 0.25) is 0 Å². The molecule has 1 aliphatic heterocycles. The first-order valence-electron chi connectivity index (χ1n) is 7.76. The third kappa shape index (κ3) is 3.39. The van der Waals surface area contributed by atoms with E-state index in [2.05, 4.69) is 59.8 Å². The Bertz CT molecular complexity index is 647. The highest BCUT2D eigenvalue weighted by Crippen LogP contribution is 2.32. The quantitative estimate of drug-likeness (QED) is 0.939. The summed E-state index contributed by atoms with van der Waals surface area (Å²) in [7, 11) is 0. The predicted octanol–water partition coefficient (Wildman–Crippen LogP) is 3.29. The van der Waals surface area contributed by atoms with Crippen LogP contribution in [0.5, 0.6) is 0 Å². The maximum atomic E-state index is 12.2. The number of nitrogens with one attached hydrogen (secondary N) is 1. The van der Waals surface area contributed by atoms with Gasteiger partial charge in [-0.1, -0.05) is 29.8 Å². The van der Waals surface area contributed by atoms with Crippen LogP contribution in [-0.4, -0.2) is 23.9 Å². The minimum absolute atomic E-state index is 0.103. The average Bonchev–Trinajstić information content (AvgIpc) is 2.99. The van der Waals surface area contributed by atoms with E-state index in [1.165, 1.54) is 16.0 Å². The van der Waals surface area contributed by atoms with Crippen molar-refractivity contribution >= 4 is 17.2 Å². The number of carbonyl (C=O) groups excluding carboxylic acids is 1. The van der Waals surface area contributed by atoms with Gasteiger partial charge in [0.25, 0.3) is 0 Å². The molecule has 0 bridgehead atoms. The number of hydrogen-bond donors (Lipinski definition) is 1. The molecule has 1 N–H and O–H groups in total. The van der Waals surface area contributed by atoms with E-state index in [1.54, 1.807) is 0 Å². The number of rotatable bonds is 4. The summed E-state index contributed by atoms with van der Waals surface area (Å²) in [6.07, 6.45) is 1.06. The van der Waals surface area contributed by atoms with Crippen molar-refractivity contribution < 1.29 is 4.79 Å². The van der Waals surface area contributed by atoms with Gasteiger partial charge in [-0.05, 0) is 42.8 Å². The Morgan fingerprint density at radius 1 is 1.32 bits per heavy atom. The van der Waals surface area contributed by atoms with E-state index in [1.807, 2.05) is 11.3 Å². The summed E-state index contributed by atoms with van der Waals surface area (Å²) in [6, 6.07) is 10.8. The summed E-state index contributed by atoms with van der Waals surface area (Å²) < 4.78 is 0. The number of benzene rings is 1. The third-order valence-corrected chi connectivity index (χ3v) is 5.36. The van der Waals surface area contributed by atoms with Crippen LogP contribution in [0.1, 0.15) is 34.5 Å². The summed E-state index contributed by atoms with van der Waals surface area (Å²) in [5.74, 6) is 0.103. The number of aryl methyl sites for hydroxylation is 1. The van der Waals surface area contributed by atoms with Gasteiger partial charge in [0, 0.05) is 24.0 Å². The van der Waals surface area contributed by atoms with Gasteiger partial charge in [-0.2, -0.15) is 0 Å². The molecule has 1 atom stereocenters. The second-order valence-corrected chi connectivity index (χ2v) is 6.96. The number of carbonyl (C=O) groups is 1. The Kier molecular flexibility index (Phi) is 4.60. The lowest BCUT2D eigenvalue weighted by molar-refractivity contribution is -0.123. The Labute approximate surface area is 136 Å². The van der Waals surface area contributed by atoms with Crippen LogP contribution in [0.3, 0.4) is 0 Å². The first-order chi connectivity index (χ1) is 10.6. The smallest absolute Gasteiger partial charge is 0.234 e. The predicted molar refractivity (Wildman–Crippen MR) is 91.0 cm³/mol. The molecule has 0 fully saturated rings. The number of hydrogen-bond acceptors (Lipinski definition) is 3. The fraction of sp³-hybridized carbons (Fsp3) is 0.389. The SMILES string of the molecule is Cc1ccc(CNC(=O)CN2CCc3sccc3[C@H]2C)cc1. The first kappa shape index (κ1) is 15.3. The van der Waals surface area contributed by atoms with E-state index in [4.69, 9.17) is 0 Å². The zero-order valence-corrected chi connectivity index (χ0v) is 14.0. The summed E-state index contributed by atoms with van der Waals surface area (Å²) in [4.78, 5) is 15.9. The lowest BCUT2D eigenvalue weighted by atomic mass is 10.0. The van der Waals surface area contributed by atoms with Gasteiger partial charge < -0.3 is 5.32 Å². The molecule has 116 valence electrons. The van der Waals surface area contributed by atoms with Crippen molar-refractivity contribution in [2.45, 2.75) is 32.9 Å². The summed E-state index contributed by atoms with van der Waals surface area (Å²) in [6.45, 7) is 6.30. The fourth-order valence-corrected chi connectivity index (χ4v) is 3.89. The van der Waals surface area contributed by atoms with E-state index in [0.717, 1.165) is 18.5 Å². The molecule has 1 aliphatic rings. The number of thiophene rings is 1. The zero-order chi connectivity index (χ0) is 15.5. The fourth-order valence-electron chi connectivity index (χ4n) is 2.92. The Morgan fingerprint density at radius 3 is 2.86 bits per heavy atom. The van der Waals surface area contributed by atoms with Crippen LogP contribution in [0.25, 0.3) is 0 Å². The summed E-state index contributed by atoms with van der Waals surface area (Å²) in [5, 5.41) is 5.18. The molecule has 0 saturated heterocycles. The molecule has 3 nitrogen and oxygen atoms in total. The van der Waals surface area contributed by atoms with Gasteiger partial charge in [0.05, 0.1) is 6.54 Å². The van der Waals surface area contributed by atoms with Crippen LogP contribution in [0.4, 0.5) is 0 Å². The molecule has 0 spiro atoms. The highest BCUT2D eigenvalue weighted by molar-refractivity contribution is 7.10. The van der Waals surface area contributed by atoms with Gasteiger partial charge in [-0.3, -0.25) is 9.69 Å². The molecule has 0 unspecified atom stereocenters. The molecular weight excluding hydrogens is 292 g/mol. The van der Waals surface area contributed by atoms with Crippen LogP contribution in [0, 0.1) is 6.92 Å². The topological polar surface area (TPSA) is 32.3 Å². The van der Waals surface area contributed by atoms with Gasteiger partial charge in [0.15, 0.2) is 0 Å². The monoisotopic (exact) mass is 314 g/mol. The highest BCUT2D eigenvalue weighted by Gasteiger charge is 2.25. The standard InChI is InChI=1S/C18H22N2OS/c1-13-3-5-15(6-4-13)11-19-18(21)12-20-9-7-17-16(14(20)2)8-10-22-17/h3-6,8,10,14H,7,9,11-12H2,1-2H3,(H,19,21)/t14-/m1/s1. The Hall–Kier alpha value is -1.65. The van der Waals surface area contributed by atoms with Crippen LogP contribution in [-0.2, 0) is 17.8 Å². The maximum absolute atomic E-state index is 12.2. The summed E-state index contributed by atoms with van der Waals surface area (Å²) >= 11 is 1.83. The molecule has 0 saturated carbocycles. The van der Waals surface area contributed by atoms with E-state index < -0.39 is 0 Å². The van der Waals surface area contributed by atoms with Crippen molar-refractivity contribution in [3.63, 3.8) is 0 Å². The molecule has 3 rings (SSSR count). The molecule has 2 heterocycles. The van der Waals surface area contributed by atoms with Crippen molar-refractivity contribution in [2.75, 3.05) is 13.1 Å². The van der Waals surface area contributed by atoms with E-state index in [9.17, 15) is 4.79 Å². The van der Waals surface area contributed by atoms with E-state index in [-0.39, 0.29) is 5.91 Å². The molecule has 1 aromatic heterocycles.